The molecule has 2 atom stereocenters. The number of nitrogens with zero attached hydrogens (tertiary/aromatic N) is 2. The van der Waals surface area contributed by atoms with E-state index in [0.717, 1.165) is 12.8 Å². The molecule has 2 fully saturated rings. The lowest BCUT2D eigenvalue weighted by molar-refractivity contribution is -0.274. The molecule has 1 saturated carbocycles. The van der Waals surface area contributed by atoms with Gasteiger partial charge in [-0.25, -0.2) is 4.79 Å². The van der Waals surface area contributed by atoms with E-state index in [1.165, 1.54) is 18.2 Å². The highest BCUT2D eigenvalue weighted by molar-refractivity contribution is 5.70. The Morgan fingerprint density at radius 2 is 1.89 bits per heavy atom. The molecular weight excluding hydrogens is 465 g/mol. The van der Waals surface area contributed by atoms with Gasteiger partial charge < -0.3 is 23.6 Å². The van der Waals surface area contributed by atoms with Gasteiger partial charge in [-0.3, -0.25) is 0 Å². The molecule has 192 valence electrons. The van der Waals surface area contributed by atoms with Crippen molar-refractivity contribution in [2.45, 2.75) is 90.0 Å². The van der Waals surface area contributed by atoms with Crippen molar-refractivity contribution in [1.29, 1.82) is 0 Å². The number of para-hydroxylation sites is 1. The largest absolute Gasteiger partial charge is 0.573 e. The maximum Gasteiger partial charge on any atom is 0.573 e. The Balaban J connectivity index is 1.48. The predicted octanol–water partition coefficient (Wildman–Crippen LogP) is 6.42. The fourth-order valence-corrected chi connectivity index (χ4v) is 4.29. The van der Waals surface area contributed by atoms with E-state index in [1.807, 2.05) is 27.7 Å². The topological polar surface area (TPSA) is 74.0 Å². The fourth-order valence-electron chi connectivity index (χ4n) is 4.29. The molecule has 1 aromatic heterocycles. The third-order valence-electron chi connectivity index (χ3n) is 6.05. The van der Waals surface area contributed by atoms with Gasteiger partial charge in [0.25, 0.3) is 0 Å². The number of benzene rings is 1. The Hall–Kier alpha value is -2.75. The minimum Gasteiger partial charge on any atom is -0.444 e. The first-order chi connectivity index (χ1) is 16.4. The number of piperidine rings is 1. The Morgan fingerprint density at radius 1 is 1.17 bits per heavy atom. The van der Waals surface area contributed by atoms with Crippen molar-refractivity contribution in [3.63, 3.8) is 0 Å². The number of alkyl halides is 3. The molecule has 1 amide bonds. The van der Waals surface area contributed by atoms with E-state index < -0.39 is 12.0 Å². The third kappa shape index (κ3) is 6.48. The van der Waals surface area contributed by atoms with Crippen molar-refractivity contribution in [2.75, 3.05) is 6.54 Å². The molecule has 1 saturated heterocycles. The van der Waals surface area contributed by atoms with Crippen LogP contribution in [0.1, 0.15) is 70.6 Å². The highest BCUT2D eigenvalue weighted by atomic mass is 19.4. The molecular formula is C25H31F3N2O5. The highest BCUT2D eigenvalue weighted by Gasteiger charge is 2.37. The van der Waals surface area contributed by atoms with E-state index in [-0.39, 0.29) is 42.1 Å². The summed E-state index contributed by atoms with van der Waals surface area (Å²) in [6.45, 7) is 8.08. The minimum atomic E-state index is -4.83. The summed E-state index contributed by atoms with van der Waals surface area (Å²) in [5.41, 5.74) is 0.575. The van der Waals surface area contributed by atoms with Crippen molar-refractivity contribution in [3.8, 4) is 17.0 Å². The summed E-state index contributed by atoms with van der Waals surface area (Å²) in [4.78, 5) is 14.2. The molecule has 2 heterocycles. The minimum absolute atomic E-state index is 0.0747. The van der Waals surface area contributed by atoms with Crippen LogP contribution >= 0.6 is 0 Å². The Morgan fingerprint density at radius 3 is 2.51 bits per heavy atom. The third-order valence-corrected chi connectivity index (χ3v) is 6.05. The zero-order valence-electron chi connectivity index (χ0n) is 20.4. The second kappa shape index (κ2) is 9.72. The molecule has 4 rings (SSSR count). The highest BCUT2D eigenvalue weighted by Crippen LogP contribution is 2.45. The van der Waals surface area contributed by atoms with Crippen molar-refractivity contribution < 1.29 is 36.7 Å². The van der Waals surface area contributed by atoms with Crippen LogP contribution in [0, 0.1) is 0 Å². The molecule has 1 aliphatic carbocycles. The summed E-state index contributed by atoms with van der Waals surface area (Å²) in [5.74, 6) is 0.510. The number of rotatable bonds is 6. The van der Waals surface area contributed by atoms with Crippen LogP contribution in [-0.2, 0) is 16.1 Å². The van der Waals surface area contributed by atoms with Crippen LogP contribution in [0.15, 0.2) is 28.8 Å². The number of hydrogen-bond acceptors (Lipinski definition) is 6. The fraction of sp³-hybridized carbons (Fsp3) is 0.600. The SMILES string of the molecule is C[C@@H]1CC(OCc2c(-c3ccccc3OC(F)(F)F)noc2C2CC2)CCN1C(=O)OC(C)(C)C. The van der Waals surface area contributed by atoms with Gasteiger partial charge in [0.15, 0.2) is 0 Å². The molecule has 2 aliphatic rings. The number of aromatic nitrogens is 1. The number of amides is 1. The monoisotopic (exact) mass is 496 g/mol. The van der Waals surface area contributed by atoms with Gasteiger partial charge in [0.2, 0.25) is 0 Å². The van der Waals surface area contributed by atoms with Gasteiger partial charge in [-0.1, -0.05) is 17.3 Å². The summed E-state index contributed by atoms with van der Waals surface area (Å²) in [6.07, 6.45) is -2.18. The van der Waals surface area contributed by atoms with Crippen LogP contribution in [0.2, 0.25) is 0 Å². The lowest BCUT2D eigenvalue weighted by Gasteiger charge is -2.38. The van der Waals surface area contributed by atoms with Crippen molar-refractivity contribution in [1.82, 2.24) is 10.1 Å². The molecule has 7 nitrogen and oxygen atoms in total. The van der Waals surface area contributed by atoms with Gasteiger partial charge in [-0.2, -0.15) is 0 Å². The van der Waals surface area contributed by atoms with Crippen LogP contribution in [-0.4, -0.2) is 46.8 Å². The van der Waals surface area contributed by atoms with Crippen LogP contribution in [0.25, 0.3) is 11.3 Å². The number of halogens is 3. The van der Waals surface area contributed by atoms with Gasteiger partial charge >= 0.3 is 12.5 Å². The molecule has 1 unspecified atom stereocenters. The van der Waals surface area contributed by atoms with Crippen molar-refractivity contribution in [3.05, 3.63) is 35.6 Å². The Labute approximate surface area is 202 Å². The summed E-state index contributed by atoms with van der Waals surface area (Å²) < 4.78 is 60.4. The number of carbonyl (C=O) groups excluding carboxylic acids is 1. The number of likely N-dealkylation sites (tertiary alicyclic amines) is 1. The molecule has 2 aromatic rings. The van der Waals surface area contributed by atoms with E-state index in [9.17, 15) is 18.0 Å². The van der Waals surface area contributed by atoms with Crippen molar-refractivity contribution >= 4 is 6.09 Å². The summed E-state index contributed by atoms with van der Waals surface area (Å²) in [5, 5.41) is 4.11. The quantitative estimate of drug-likeness (QED) is 0.459. The van der Waals surface area contributed by atoms with E-state index in [2.05, 4.69) is 9.89 Å². The summed E-state index contributed by atoms with van der Waals surface area (Å²) in [6, 6.07) is 5.81. The van der Waals surface area contributed by atoms with Crippen LogP contribution < -0.4 is 4.74 Å². The first-order valence-electron chi connectivity index (χ1n) is 11.9. The van der Waals surface area contributed by atoms with Crippen LogP contribution in [0.4, 0.5) is 18.0 Å². The van der Waals surface area contributed by atoms with Gasteiger partial charge in [0, 0.05) is 29.6 Å². The Kier molecular flexibility index (Phi) is 7.04. The lowest BCUT2D eigenvalue weighted by atomic mass is 10.0. The normalized spacial score (nSPS) is 21.2. The summed E-state index contributed by atoms with van der Waals surface area (Å²) in [7, 11) is 0. The van der Waals surface area contributed by atoms with Gasteiger partial charge in [0.05, 0.1) is 12.7 Å². The smallest absolute Gasteiger partial charge is 0.444 e. The summed E-state index contributed by atoms with van der Waals surface area (Å²) >= 11 is 0. The number of ether oxygens (including phenoxy) is 3. The Bertz CT molecular complexity index is 1040. The van der Waals surface area contributed by atoms with Crippen LogP contribution in [0.5, 0.6) is 5.75 Å². The number of hydrogen-bond donors (Lipinski definition) is 0. The van der Waals surface area contributed by atoms with E-state index >= 15 is 0 Å². The molecule has 0 N–H and O–H groups in total. The predicted molar refractivity (Wildman–Crippen MR) is 121 cm³/mol. The van der Waals surface area contributed by atoms with Crippen LogP contribution in [0.3, 0.4) is 0 Å². The van der Waals surface area contributed by atoms with Gasteiger partial charge in [-0.05, 0) is 65.5 Å². The average molecular weight is 497 g/mol. The molecule has 35 heavy (non-hydrogen) atoms. The molecule has 0 radical (unpaired) electrons. The molecule has 0 spiro atoms. The van der Waals surface area contributed by atoms with Gasteiger partial charge in [0.1, 0.15) is 22.8 Å². The van der Waals surface area contributed by atoms with E-state index in [4.69, 9.17) is 14.0 Å². The molecule has 1 aromatic carbocycles. The molecule has 10 heteroatoms. The van der Waals surface area contributed by atoms with E-state index in [1.54, 1.807) is 11.0 Å². The molecule has 1 aliphatic heterocycles. The van der Waals surface area contributed by atoms with Gasteiger partial charge in [-0.15, -0.1) is 13.2 Å². The van der Waals surface area contributed by atoms with Crippen molar-refractivity contribution in [2.24, 2.45) is 0 Å². The standard InChI is InChI=1S/C25H31F3N2O5/c1-15-13-17(11-12-30(15)23(31)34-24(2,3)4)32-14-19-21(29-35-22(19)16-9-10-16)18-7-5-6-8-20(18)33-25(26,27)28/h5-8,15-17H,9-14H2,1-4H3/t15-,17?/m1/s1. The molecule has 0 bridgehead atoms. The maximum atomic E-state index is 13.0. The zero-order valence-corrected chi connectivity index (χ0v) is 20.4. The lowest BCUT2D eigenvalue weighted by Crippen LogP contribution is -2.48. The maximum absolute atomic E-state index is 13.0. The first kappa shape index (κ1) is 25.3. The zero-order chi connectivity index (χ0) is 25.4. The second-order valence-electron chi connectivity index (χ2n) is 10.2. The number of carbonyl (C=O) groups is 1. The average Bonchev–Trinajstić information content (AvgIpc) is 3.50. The first-order valence-corrected chi connectivity index (χ1v) is 11.9. The second-order valence-corrected chi connectivity index (χ2v) is 10.2. The van der Waals surface area contributed by atoms with E-state index in [0.29, 0.717) is 36.4 Å².